The number of nitrogens with zero attached hydrogens (tertiary/aromatic N) is 3. The molecule has 0 N–H and O–H groups in total. The monoisotopic (exact) mass is 239 g/mol. The van der Waals surface area contributed by atoms with E-state index in [9.17, 15) is 4.79 Å². The third-order valence-electron chi connectivity index (χ3n) is 3.09. The molecule has 86 valence electrons. The van der Waals surface area contributed by atoms with E-state index < -0.39 is 0 Å². The minimum absolute atomic E-state index is 0.0939. The van der Waals surface area contributed by atoms with E-state index >= 15 is 0 Å². The first-order chi connectivity index (χ1) is 7.59. The number of aromatic nitrogens is 2. The molecule has 1 aliphatic rings. The van der Waals surface area contributed by atoms with Gasteiger partial charge >= 0.3 is 0 Å². The number of hydrogen-bond donors (Lipinski definition) is 0. The molecule has 0 radical (unpaired) electrons. The van der Waals surface area contributed by atoms with E-state index in [4.69, 9.17) is 11.6 Å². The van der Waals surface area contributed by atoms with Gasteiger partial charge in [0.25, 0.3) is 5.91 Å². The summed E-state index contributed by atoms with van der Waals surface area (Å²) in [6, 6.07) is 3.45. The first kappa shape index (κ1) is 11.3. The maximum Gasteiger partial charge on any atom is 0.274 e. The van der Waals surface area contributed by atoms with Crippen molar-refractivity contribution < 1.29 is 4.79 Å². The van der Waals surface area contributed by atoms with Gasteiger partial charge in [-0.2, -0.15) is 0 Å². The molecule has 1 amide bonds. The molecular formula is C11H14ClN3O. The summed E-state index contributed by atoms with van der Waals surface area (Å²) < 4.78 is 0. The molecule has 1 heterocycles. The molecule has 1 fully saturated rings. The molecule has 1 aromatic rings. The Morgan fingerprint density at radius 3 is 2.69 bits per heavy atom. The van der Waals surface area contributed by atoms with Crippen molar-refractivity contribution in [3.8, 4) is 0 Å². The standard InChI is InChI=1S/C11H14ClN3O/c1-7(8-3-4-8)15(2)11(16)9-5-6-10(12)14-13-9/h5-8H,3-4H2,1-2H3. The van der Waals surface area contributed by atoms with Crippen LogP contribution in [0, 0.1) is 5.92 Å². The van der Waals surface area contributed by atoms with Gasteiger partial charge in [0.05, 0.1) is 0 Å². The Labute approximate surface area is 99.6 Å². The van der Waals surface area contributed by atoms with Crippen molar-refractivity contribution in [3.05, 3.63) is 23.0 Å². The smallest absolute Gasteiger partial charge is 0.274 e. The first-order valence-corrected chi connectivity index (χ1v) is 5.74. The summed E-state index contributed by atoms with van der Waals surface area (Å²) >= 11 is 5.62. The predicted molar refractivity (Wildman–Crippen MR) is 61.3 cm³/mol. The zero-order valence-electron chi connectivity index (χ0n) is 9.35. The number of carbonyl (C=O) groups excluding carboxylic acids is 1. The van der Waals surface area contributed by atoms with Crippen molar-refractivity contribution in [2.75, 3.05) is 7.05 Å². The molecule has 1 aliphatic carbocycles. The maximum atomic E-state index is 12.0. The van der Waals surface area contributed by atoms with Crippen molar-refractivity contribution in [2.45, 2.75) is 25.8 Å². The van der Waals surface area contributed by atoms with Gasteiger partial charge in [0.2, 0.25) is 0 Å². The average Bonchev–Trinajstić information content (AvgIpc) is 3.11. The van der Waals surface area contributed by atoms with Crippen LogP contribution < -0.4 is 0 Å². The predicted octanol–water partition coefficient (Wildman–Crippen LogP) is 2.00. The number of halogens is 1. The van der Waals surface area contributed by atoms with Gasteiger partial charge in [-0.25, -0.2) is 0 Å². The molecule has 0 spiro atoms. The van der Waals surface area contributed by atoms with Crippen molar-refractivity contribution in [1.82, 2.24) is 15.1 Å². The van der Waals surface area contributed by atoms with Gasteiger partial charge < -0.3 is 4.90 Å². The minimum Gasteiger partial charge on any atom is -0.337 e. The summed E-state index contributed by atoms with van der Waals surface area (Å²) in [5.41, 5.74) is 0.347. The number of amides is 1. The summed E-state index contributed by atoms with van der Waals surface area (Å²) in [7, 11) is 1.81. The van der Waals surface area contributed by atoms with E-state index in [0.717, 1.165) is 0 Å². The fourth-order valence-electron chi connectivity index (χ4n) is 1.69. The number of hydrogen-bond acceptors (Lipinski definition) is 3. The van der Waals surface area contributed by atoms with Gasteiger partial charge in [0.15, 0.2) is 10.8 Å². The number of rotatable bonds is 3. The van der Waals surface area contributed by atoms with E-state index in [2.05, 4.69) is 17.1 Å². The Hall–Kier alpha value is -1.16. The molecule has 1 unspecified atom stereocenters. The SMILES string of the molecule is CC(C1CC1)N(C)C(=O)c1ccc(Cl)nn1. The van der Waals surface area contributed by atoms with E-state index in [1.165, 1.54) is 12.8 Å². The molecule has 5 heteroatoms. The lowest BCUT2D eigenvalue weighted by Crippen LogP contribution is -2.36. The van der Waals surface area contributed by atoms with Gasteiger partial charge in [-0.05, 0) is 37.8 Å². The van der Waals surface area contributed by atoms with Crippen molar-refractivity contribution >= 4 is 17.5 Å². The largest absolute Gasteiger partial charge is 0.337 e. The highest BCUT2D eigenvalue weighted by Crippen LogP contribution is 2.34. The second kappa shape index (κ2) is 4.37. The van der Waals surface area contributed by atoms with Crippen LogP contribution in [0.15, 0.2) is 12.1 Å². The average molecular weight is 240 g/mol. The lowest BCUT2D eigenvalue weighted by molar-refractivity contribution is 0.0720. The van der Waals surface area contributed by atoms with Crippen molar-refractivity contribution in [1.29, 1.82) is 0 Å². The molecule has 1 atom stereocenters. The van der Waals surface area contributed by atoms with Gasteiger partial charge in [-0.1, -0.05) is 11.6 Å². The highest BCUT2D eigenvalue weighted by atomic mass is 35.5. The normalized spacial score (nSPS) is 16.9. The zero-order chi connectivity index (χ0) is 11.7. The van der Waals surface area contributed by atoms with Gasteiger partial charge in [0, 0.05) is 13.1 Å². The van der Waals surface area contributed by atoms with Gasteiger partial charge in [0.1, 0.15) is 0 Å². The van der Waals surface area contributed by atoms with Crippen LogP contribution in [-0.2, 0) is 0 Å². The van der Waals surface area contributed by atoms with Gasteiger partial charge in [-0.15, -0.1) is 10.2 Å². The van der Waals surface area contributed by atoms with Gasteiger partial charge in [-0.3, -0.25) is 4.79 Å². The van der Waals surface area contributed by atoms with E-state index in [1.807, 2.05) is 7.05 Å². The fourth-order valence-corrected chi connectivity index (χ4v) is 1.79. The Balaban J connectivity index is 2.08. The van der Waals surface area contributed by atoms with Crippen LogP contribution in [0.5, 0.6) is 0 Å². The Kier molecular flexibility index (Phi) is 3.10. The third kappa shape index (κ3) is 2.32. The molecule has 0 bridgehead atoms. The topological polar surface area (TPSA) is 46.1 Å². The minimum atomic E-state index is -0.0939. The molecule has 4 nitrogen and oxygen atoms in total. The summed E-state index contributed by atoms with van der Waals surface area (Å²) in [5, 5.41) is 7.76. The lowest BCUT2D eigenvalue weighted by atomic mass is 10.2. The summed E-state index contributed by atoms with van der Waals surface area (Å²) in [5.74, 6) is 0.553. The van der Waals surface area contributed by atoms with Crippen LogP contribution in [0.4, 0.5) is 0 Å². The number of carbonyl (C=O) groups is 1. The van der Waals surface area contributed by atoms with Crippen LogP contribution in [-0.4, -0.2) is 34.1 Å². The Morgan fingerprint density at radius 1 is 1.50 bits per heavy atom. The molecule has 16 heavy (non-hydrogen) atoms. The maximum absolute atomic E-state index is 12.0. The molecule has 2 rings (SSSR count). The molecular weight excluding hydrogens is 226 g/mol. The summed E-state index contributed by atoms with van der Waals surface area (Å²) in [6.07, 6.45) is 2.43. The van der Waals surface area contributed by atoms with E-state index in [0.29, 0.717) is 16.8 Å². The van der Waals surface area contributed by atoms with Crippen molar-refractivity contribution in [2.24, 2.45) is 5.92 Å². The van der Waals surface area contributed by atoms with E-state index in [1.54, 1.807) is 17.0 Å². The van der Waals surface area contributed by atoms with Crippen molar-refractivity contribution in [3.63, 3.8) is 0 Å². The summed E-state index contributed by atoms with van der Waals surface area (Å²) in [4.78, 5) is 13.7. The Bertz CT molecular complexity index is 389. The molecule has 1 saturated carbocycles. The van der Waals surface area contributed by atoms with E-state index in [-0.39, 0.29) is 11.9 Å². The second-order valence-electron chi connectivity index (χ2n) is 4.24. The van der Waals surface area contributed by atoms with Crippen LogP contribution in [0.3, 0.4) is 0 Å². The molecule has 1 aromatic heterocycles. The quantitative estimate of drug-likeness (QED) is 0.811. The Morgan fingerprint density at radius 2 is 2.19 bits per heavy atom. The van der Waals surface area contributed by atoms with Crippen LogP contribution >= 0.6 is 11.6 Å². The fraction of sp³-hybridized carbons (Fsp3) is 0.545. The molecule has 0 saturated heterocycles. The first-order valence-electron chi connectivity index (χ1n) is 5.36. The van der Waals surface area contributed by atoms with Crippen LogP contribution in [0.2, 0.25) is 5.15 Å². The summed E-state index contributed by atoms with van der Waals surface area (Å²) in [6.45, 7) is 2.07. The third-order valence-corrected chi connectivity index (χ3v) is 3.29. The van der Waals surface area contributed by atoms with Crippen LogP contribution in [0.25, 0.3) is 0 Å². The second-order valence-corrected chi connectivity index (χ2v) is 4.62. The lowest BCUT2D eigenvalue weighted by Gasteiger charge is -2.24. The van der Waals surface area contributed by atoms with Crippen LogP contribution in [0.1, 0.15) is 30.3 Å². The highest BCUT2D eigenvalue weighted by molar-refractivity contribution is 6.29. The molecule has 0 aliphatic heterocycles. The zero-order valence-corrected chi connectivity index (χ0v) is 10.1. The molecule has 0 aromatic carbocycles. The highest BCUT2D eigenvalue weighted by Gasteiger charge is 2.33.